The Morgan fingerprint density at radius 3 is 2.35 bits per heavy atom. The molecule has 0 fully saturated rings. The molecule has 6 nitrogen and oxygen atoms in total. The van der Waals surface area contributed by atoms with Crippen LogP contribution in [-0.2, 0) is 0 Å². The van der Waals surface area contributed by atoms with E-state index in [4.69, 9.17) is 11.6 Å². The van der Waals surface area contributed by atoms with Gasteiger partial charge in [-0.25, -0.2) is 9.67 Å². The minimum Gasteiger partial charge on any atom is -0.306 e. The fourth-order valence-corrected chi connectivity index (χ4v) is 3.61. The SMILES string of the molecule is Cc1cc(C)n(C(=O)c2ccc(Cl)c(C(=O)Nc3ncc(C#Cc4ccccc4)cc3C)c2)n1. The molecule has 1 N–H and O–H groups in total. The Morgan fingerprint density at radius 1 is 0.941 bits per heavy atom. The molecule has 2 aromatic carbocycles. The number of hydrogen-bond acceptors (Lipinski definition) is 4. The number of aromatic nitrogens is 3. The van der Waals surface area contributed by atoms with Crippen molar-refractivity contribution in [3.63, 3.8) is 0 Å². The standard InChI is InChI=1S/C27H21ClN4O2/c1-17-13-21(10-9-20-7-5-4-6-8-20)16-29-25(17)30-26(33)23-15-22(11-12-24(23)28)27(34)32-19(3)14-18(2)31-32/h4-8,11-16H,1-3H3,(H,29,30,33). The molecule has 4 aromatic rings. The van der Waals surface area contributed by atoms with Crippen LogP contribution in [0.2, 0.25) is 5.02 Å². The summed E-state index contributed by atoms with van der Waals surface area (Å²) in [5, 5.41) is 7.22. The third-order valence-corrected chi connectivity index (χ3v) is 5.42. The van der Waals surface area contributed by atoms with Crippen molar-refractivity contribution in [2.75, 3.05) is 5.32 Å². The third-order valence-electron chi connectivity index (χ3n) is 5.10. The second-order valence-corrected chi connectivity index (χ2v) is 8.21. The van der Waals surface area contributed by atoms with E-state index in [2.05, 4.69) is 27.2 Å². The fraction of sp³-hybridized carbons (Fsp3) is 0.111. The molecular formula is C27H21ClN4O2. The lowest BCUT2D eigenvalue weighted by atomic mass is 10.1. The van der Waals surface area contributed by atoms with Crippen LogP contribution in [0.4, 0.5) is 5.82 Å². The Kier molecular flexibility index (Phi) is 6.58. The number of halogens is 1. The van der Waals surface area contributed by atoms with Crippen molar-refractivity contribution in [1.82, 2.24) is 14.8 Å². The zero-order valence-corrected chi connectivity index (χ0v) is 19.6. The molecule has 168 valence electrons. The maximum Gasteiger partial charge on any atom is 0.278 e. The maximum absolute atomic E-state index is 13.0. The van der Waals surface area contributed by atoms with Gasteiger partial charge in [0.2, 0.25) is 0 Å². The molecule has 0 aliphatic heterocycles. The van der Waals surface area contributed by atoms with Crippen molar-refractivity contribution in [3.8, 4) is 11.8 Å². The van der Waals surface area contributed by atoms with Gasteiger partial charge in [0, 0.05) is 28.6 Å². The van der Waals surface area contributed by atoms with Gasteiger partial charge >= 0.3 is 0 Å². The van der Waals surface area contributed by atoms with E-state index >= 15 is 0 Å². The molecule has 0 saturated heterocycles. The number of amides is 1. The summed E-state index contributed by atoms with van der Waals surface area (Å²) in [6, 6.07) is 17.9. The van der Waals surface area contributed by atoms with Crippen LogP contribution in [0.15, 0.2) is 66.9 Å². The number of aryl methyl sites for hydroxylation is 3. The van der Waals surface area contributed by atoms with Gasteiger partial charge in [-0.2, -0.15) is 5.10 Å². The summed E-state index contributed by atoms with van der Waals surface area (Å²) in [5.74, 6) is 5.74. The highest BCUT2D eigenvalue weighted by atomic mass is 35.5. The molecule has 0 radical (unpaired) electrons. The van der Waals surface area contributed by atoms with Gasteiger partial charge < -0.3 is 5.32 Å². The van der Waals surface area contributed by atoms with Crippen LogP contribution < -0.4 is 5.32 Å². The van der Waals surface area contributed by atoms with Crippen molar-refractivity contribution in [1.29, 1.82) is 0 Å². The van der Waals surface area contributed by atoms with Crippen LogP contribution in [0, 0.1) is 32.6 Å². The van der Waals surface area contributed by atoms with Gasteiger partial charge in [0.1, 0.15) is 5.82 Å². The van der Waals surface area contributed by atoms with Crippen LogP contribution in [-0.4, -0.2) is 26.6 Å². The van der Waals surface area contributed by atoms with E-state index in [-0.39, 0.29) is 16.5 Å². The molecule has 2 heterocycles. The van der Waals surface area contributed by atoms with E-state index in [1.54, 1.807) is 19.2 Å². The first-order valence-electron chi connectivity index (χ1n) is 10.5. The first-order valence-corrected chi connectivity index (χ1v) is 10.9. The number of hydrogen-bond donors (Lipinski definition) is 1. The topological polar surface area (TPSA) is 76.9 Å². The molecule has 0 atom stereocenters. The molecule has 0 bridgehead atoms. The van der Waals surface area contributed by atoms with E-state index in [9.17, 15) is 9.59 Å². The van der Waals surface area contributed by atoms with E-state index in [1.807, 2.05) is 56.3 Å². The smallest absolute Gasteiger partial charge is 0.278 e. The van der Waals surface area contributed by atoms with Crippen LogP contribution in [0.3, 0.4) is 0 Å². The number of pyridine rings is 1. The van der Waals surface area contributed by atoms with Crippen LogP contribution in [0.5, 0.6) is 0 Å². The highest BCUT2D eigenvalue weighted by Crippen LogP contribution is 2.21. The van der Waals surface area contributed by atoms with Gasteiger partial charge in [-0.05, 0) is 68.8 Å². The highest BCUT2D eigenvalue weighted by molar-refractivity contribution is 6.34. The van der Waals surface area contributed by atoms with Gasteiger partial charge in [0.25, 0.3) is 11.8 Å². The predicted octanol–water partition coefficient (Wildman–Crippen LogP) is 5.20. The van der Waals surface area contributed by atoms with Crippen LogP contribution >= 0.6 is 11.6 Å². The monoisotopic (exact) mass is 468 g/mol. The molecule has 1 amide bonds. The Hall–Kier alpha value is -4.21. The number of anilines is 1. The van der Waals surface area contributed by atoms with Gasteiger partial charge in [0.15, 0.2) is 0 Å². The van der Waals surface area contributed by atoms with Crippen molar-refractivity contribution < 1.29 is 9.59 Å². The minimum absolute atomic E-state index is 0.170. The Balaban J connectivity index is 1.55. The predicted molar refractivity (Wildman–Crippen MR) is 132 cm³/mol. The molecule has 0 saturated carbocycles. The molecule has 0 aliphatic rings. The molecule has 7 heteroatoms. The van der Waals surface area contributed by atoms with E-state index < -0.39 is 5.91 Å². The van der Waals surface area contributed by atoms with Crippen LogP contribution in [0.1, 0.15) is 48.8 Å². The number of rotatable bonds is 3. The highest BCUT2D eigenvalue weighted by Gasteiger charge is 2.18. The lowest BCUT2D eigenvalue weighted by Crippen LogP contribution is -2.18. The molecule has 2 aromatic heterocycles. The van der Waals surface area contributed by atoms with Crippen molar-refractivity contribution in [2.45, 2.75) is 20.8 Å². The summed E-state index contributed by atoms with van der Waals surface area (Å²) in [4.78, 5) is 30.2. The van der Waals surface area contributed by atoms with E-state index in [0.29, 0.717) is 17.1 Å². The second kappa shape index (κ2) is 9.74. The summed E-state index contributed by atoms with van der Waals surface area (Å²) in [6.07, 6.45) is 1.60. The number of nitrogens with one attached hydrogen (secondary N) is 1. The average molecular weight is 469 g/mol. The normalized spacial score (nSPS) is 10.4. The second-order valence-electron chi connectivity index (χ2n) is 7.80. The fourth-order valence-electron chi connectivity index (χ4n) is 3.40. The molecule has 34 heavy (non-hydrogen) atoms. The van der Waals surface area contributed by atoms with Crippen molar-refractivity contribution in [3.05, 3.63) is 111 Å². The molecule has 0 aliphatic carbocycles. The summed E-state index contributed by atoms with van der Waals surface area (Å²) >= 11 is 6.27. The average Bonchev–Trinajstić information content (AvgIpc) is 3.17. The first kappa shape index (κ1) is 23.0. The number of benzene rings is 2. The van der Waals surface area contributed by atoms with Crippen molar-refractivity contribution in [2.24, 2.45) is 0 Å². The lowest BCUT2D eigenvalue weighted by Gasteiger charge is -2.10. The quantitative estimate of drug-likeness (QED) is 0.419. The summed E-state index contributed by atoms with van der Waals surface area (Å²) in [5.41, 5.74) is 4.30. The zero-order valence-electron chi connectivity index (χ0n) is 18.9. The first-order chi connectivity index (χ1) is 16.3. The van der Waals surface area contributed by atoms with Gasteiger partial charge in [-0.15, -0.1) is 0 Å². The van der Waals surface area contributed by atoms with Crippen molar-refractivity contribution >= 4 is 29.2 Å². The van der Waals surface area contributed by atoms with Gasteiger partial charge in [-0.3, -0.25) is 9.59 Å². The number of carbonyl (C=O) groups is 2. The van der Waals surface area contributed by atoms with Crippen LogP contribution in [0.25, 0.3) is 0 Å². The summed E-state index contributed by atoms with van der Waals surface area (Å²) < 4.78 is 1.31. The lowest BCUT2D eigenvalue weighted by molar-refractivity contribution is 0.0942. The maximum atomic E-state index is 13.0. The number of carbonyl (C=O) groups excluding carboxylic acids is 2. The third kappa shape index (κ3) is 5.06. The molecule has 4 rings (SSSR count). The van der Waals surface area contributed by atoms with E-state index in [1.165, 1.54) is 16.8 Å². The largest absolute Gasteiger partial charge is 0.306 e. The summed E-state index contributed by atoms with van der Waals surface area (Å²) in [6.45, 7) is 5.44. The Bertz CT molecular complexity index is 1460. The number of nitrogens with zero attached hydrogens (tertiary/aromatic N) is 3. The molecular weight excluding hydrogens is 448 g/mol. The summed E-state index contributed by atoms with van der Waals surface area (Å²) in [7, 11) is 0. The van der Waals surface area contributed by atoms with Gasteiger partial charge in [0.05, 0.1) is 16.3 Å². The minimum atomic E-state index is -0.466. The molecule has 0 spiro atoms. The van der Waals surface area contributed by atoms with E-state index in [0.717, 1.165) is 22.4 Å². The zero-order chi connectivity index (χ0) is 24.2. The van der Waals surface area contributed by atoms with Gasteiger partial charge in [-0.1, -0.05) is 41.6 Å². The molecule has 0 unspecified atom stereocenters. The Morgan fingerprint density at radius 2 is 1.68 bits per heavy atom. The Labute approximate surface area is 202 Å².